The third kappa shape index (κ3) is 3.83. The van der Waals surface area contributed by atoms with E-state index in [2.05, 4.69) is 15.9 Å². The van der Waals surface area contributed by atoms with Crippen LogP contribution in [0.3, 0.4) is 0 Å². The Morgan fingerprint density at radius 2 is 2.17 bits per heavy atom. The molecule has 0 aromatic heterocycles. The van der Waals surface area contributed by atoms with E-state index < -0.39 is 23.5 Å². The van der Waals surface area contributed by atoms with E-state index in [1.807, 2.05) is 0 Å². The summed E-state index contributed by atoms with van der Waals surface area (Å²) in [5.41, 5.74) is 5.34. The van der Waals surface area contributed by atoms with Crippen LogP contribution in [-0.2, 0) is 16.0 Å². The zero-order valence-corrected chi connectivity index (χ0v) is 11.5. The molecule has 1 atom stereocenters. The van der Waals surface area contributed by atoms with E-state index in [9.17, 15) is 13.6 Å². The Labute approximate surface area is 112 Å². The number of rotatable bonds is 6. The molecule has 0 bridgehead atoms. The number of nitrogens with two attached hydrogens (primary N) is 1. The second kappa shape index (κ2) is 6.92. The lowest BCUT2D eigenvalue weighted by Crippen LogP contribution is -2.33. The lowest BCUT2D eigenvalue weighted by Gasteiger charge is -2.11. The first-order valence-corrected chi connectivity index (χ1v) is 6.16. The number of benzene rings is 1. The molecule has 0 aliphatic heterocycles. The molecule has 1 unspecified atom stereocenters. The van der Waals surface area contributed by atoms with Gasteiger partial charge in [0.05, 0.1) is 10.5 Å². The Morgan fingerprint density at radius 3 is 2.78 bits per heavy atom. The first-order chi connectivity index (χ1) is 8.47. The van der Waals surface area contributed by atoms with Crippen LogP contribution in [-0.4, -0.2) is 25.5 Å². The number of methoxy groups -OCH3 is 1. The molecule has 18 heavy (non-hydrogen) atoms. The molecule has 6 heteroatoms. The van der Waals surface area contributed by atoms with Crippen molar-refractivity contribution in [2.75, 3.05) is 13.7 Å². The molecule has 1 aromatic rings. The third-order valence-electron chi connectivity index (χ3n) is 2.54. The summed E-state index contributed by atoms with van der Waals surface area (Å²) in [5.74, 6) is -1.92. The van der Waals surface area contributed by atoms with E-state index in [1.165, 1.54) is 13.2 Å². The number of hydrogen-bond donors (Lipinski definition) is 1. The maximum atomic E-state index is 13.6. The van der Waals surface area contributed by atoms with Crippen LogP contribution in [0.15, 0.2) is 16.6 Å². The molecule has 0 aliphatic carbocycles. The van der Waals surface area contributed by atoms with Crippen molar-refractivity contribution in [1.82, 2.24) is 0 Å². The summed E-state index contributed by atoms with van der Waals surface area (Å²) >= 11 is 2.94. The summed E-state index contributed by atoms with van der Waals surface area (Å²) in [6.45, 7) is 0.330. The predicted octanol–water partition coefficient (Wildman–Crippen LogP) is 2.20. The first-order valence-electron chi connectivity index (χ1n) is 5.37. The molecular weight excluding hydrogens is 308 g/mol. The Morgan fingerprint density at radius 1 is 1.50 bits per heavy atom. The minimum absolute atomic E-state index is 0.122. The number of carbonyl (C=O) groups is 1. The molecule has 1 rings (SSSR count). The highest BCUT2D eigenvalue weighted by Crippen LogP contribution is 2.22. The molecular formula is C12H14BrF2NO2. The van der Waals surface area contributed by atoms with E-state index in [0.29, 0.717) is 13.0 Å². The van der Waals surface area contributed by atoms with E-state index in [-0.39, 0.29) is 16.5 Å². The van der Waals surface area contributed by atoms with Crippen LogP contribution in [0.1, 0.15) is 12.0 Å². The number of carbonyl (C=O) groups excluding carboxylic acids is 1. The fourth-order valence-electron chi connectivity index (χ4n) is 1.44. The SMILES string of the molecule is COCCC(N)C(=O)Cc1c(F)ccc(Br)c1F. The monoisotopic (exact) mass is 321 g/mol. The van der Waals surface area contributed by atoms with Crippen molar-refractivity contribution in [3.8, 4) is 0 Å². The van der Waals surface area contributed by atoms with Gasteiger partial charge in [0, 0.05) is 25.7 Å². The molecule has 0 amide bonds. The Hall–Kier alpha value is -0.850. The summed E-state index contributed by atoms with van der Waals surface area (Å²) in [6.07, 6.45) is -0.0332. The molecule has 0 saturated heterocycles. The third-order valence-corrected chi connectivity index (χ3v) is 3.15. The Kier molecular flexibility index (Phi) is 5.84. The van der Waals surface area contributed by atoms with Gasteiger partial charge in [0.25, 0.3) is 0 Å². The molecule has 0 heterocycles. The highest BCUT2D eigenvalue weighted by Gasteiger charge is 2.19. The van der Waals surface area contributed by atoms with Gasteiger partial charge >= 0.3 is 0 Å². The van der Waals surface area contributed by atoms with Gasteiger partial charge in [-0.15, -0.1) is 0 Å². The molecule has 1 aromatic carbocycles. The second-order valence-electron chi connectivity index (χ2n) is 3.85. The first kappa shape index (κ1) is 15.2. The van der Waals surface area contributed by atoms with Crippen LogP contribution in [0.5, 0.6) is 0 Å². The van der Waals surface area contributed by atoms with Crippen LogP contribution in [0.25, 0.3) is 0 Å². The minimum atomic E-state index is -0.775. The number of halogens is 3. The number of Topliss-reactive ketones (excluding diaryl/α,β-unsaturated/α-hetero) is 1. The van der Waals surface area contributed by atoms with Crippen molar-refractivity contribution in [3.63, 3.8) is 0 Å². The van der Waals surface area contributed by atoms with Crippen LogP contribution in [0.2, 0.25) is 0 Å². The highest BCUT2D eigenvalue weighted by molar-refractivity contribution is 9.10. The largest absolute Gasteiger partial charge is 0.385 e. The summed E-state index contributed by atoms with van der Waals surface area (Å²) in [6, 6.07) is 1.59. The van der Waals surface area contributed by atoms with Crippen LogP contribution in [0.4, 0.5) is 8.78 Å². The molecule has 3 nitrogen and oxygen atoms in total. The van der Waals surface area contributed by atoms with Crippen molar-refractivity contribution in [2.45, 2.75) is 18.9 Å². The molecule has 0 fully saturated rings. The van der Waals surface area contributed by atoms with Crippen LogP contribution < -0.4 is 5.73 Å². The second-order valence-corrected chi connectivity index (χ2v) is 4.71. The molecule has 0 radical (unpaired) electrons. The predicted molar refractivity (Wildman–Crippen MR) is 67.2 cm³/mol. The summed E-state index contributed by atoms with van der Waals surface area (Å²) in [5, 5.41) is 0. The fraction of sp³-hybridized carbons (Fsp3) is 0.417. The van der Waals surface area contributed by atoms with Gasteiger partial charge in [0.15, 0.2) is 5.78 Å². The standard InChI is InChI=1S/C12H14BrF2NO2/c1-18-5-4-10(16)11(17)6-7-9(14)3-2-8(13)12(7)15/h2-3,10H,4-6,16H2,1H3. The normalized spacial score (nSPS) is 12.5. The average molecular weight is 322 g/mol. The van der Waals surface area contributed by atoms with Gasteiger partial charge in [-0.05, 0) is 34.5 Å². The van der Waals surface area contributed by atoms with E-state index >= 15 is 0 Å². The van der Waals surface area contributed by atoms with Crippen molar-refractivity contribution in [1.29, 1.82) is 0 Å². The number of hydrogen-bond acceptors (Lipinski definition) is 3. The minimum Gasteiger partial charge on any atom is -0.385 e. The summed E-state index contributed by atoms with van der Waals surface area (Å²) < 4.78 is 32.0. The zero-order chi connectivity index (χ0) is 13.7. The van der Waals surface area contributed by atoms with E-state index in [4.69, 9.17) is 10.5 Å². The molecule has 0 spiro atoms. The summed E-state index contributed by atoms with van der Waals surface area (Å²) in [4.78, 5) is 11.7. The van der Waals surface area contributed by atoms with Crippen molar-refractivity contribution >= 4 is 21.7 Å². The van der Waals surface area contributed by atoms with Gasteiger partial charge in [0.2, 0.25) is 0 Å². The van der Waals surface area contributed by atoms with Gasteiger partial charge in [-0.3, -0.25) is 4.79 Å². The highest BCUT2D eigenvalue weighted by atomic mass is 79.9. The quantitative estimate of drug-likeness (QED) is 0.817. The fourth-order valence-corrected chi connectivity index (χ4v) is 1.81. The molecule has 0 aliphatic rings. The van der Waals surface area contributed by atoms with Gasteiger partial charge < -0.3 is 10.5 Å². The van der Waals surface area contributed by atoms with E-state index in [0.717, 1.165) is 6.07 Å². The average Bonchev–Trinajstić information content (AvgIpc) is 2.36. The van der Waals surface area contributed by atoms with Gasteiger partial charge in [-0.2, -0.15) is 0 Å². The van der Waals surface area contributed by atoms with Crippen molar-refractivity contribution in [3.05, 3.63) is 33.8 Å². The maximum absolute atomic E-state index is 13.6. The number of ether oxygens (including phenoxy) is 1. The van der Waals surface area contributed by atoms with Crippen LogP contribution in [0, 0.1) is 11.6 Å². The molecule has 2 N–H and O–H groups in total. The topological polar surface area (TPSA) is 52.3 Å². The Bertz CT molecular complexity index is 440. The van der Waals surface area contributed by atoms with Gasteiger partial charge in [-0.1, -0.05) is 0 Å². The summed E-state index contributed by atoms with van der Waals surface area (Å²) in [7, 11) is 1.49. The lowest BCUT2D eigenvalue weighted by molar-refractivity contribution is -0.120. The maximum Gasteiger partial charge on any atom is 0.154 e. The smallest absolute Gasteiger partial charge is 0.154 e. The van der Waals surface area contributed by atoms with Crippen molar-refractivity contribution in [2.24, 2.45) is 5.73 Å². The molecule has 0 saturated carbocycles. The lowest BCUT2D eigenvalue weighted by atomic mass is 10.0. The van der Waals surface area contributed by atoms with Gasteiger partial charge in [-0.25, -0.2) is 8.78 Å². The zero-order valence-electron chi connectivity index (χ0n) is 9.88. The Balaban J connectivity index is 2.79. The van der Waals surface area contributed by atoms with Gasteiger partial charge in [0.1, 0.15) is 11.6 Å². The number of ketones is 1. The van der Waals surface area contributed by atoms with Crippen molar-refractivity contribution < 1.29 is 18.3 Å². The van der Waals surface area contributed by atoms with Crippen LogP contribution >= 0.6 is 15.9 Å². The van der Waals surface area contributed by atoms with E-state index in [1.54, 1.807) is 0 Å². The molecule has 100 valence electrons.